The third-order valence-corrected chi connectivity index (χ3v) is 2.87. The van der Waals surface area contributed by atoms with Gasteiger partial charge in [-0.2, -0.15) is 0 Å². The fraction of sp³-hybridized carbons (Fsp3) is 1.00. The van der Waals surface area contributed by atoms with Crippen molar-refractivity contribution < 1.29 is 13.9 Å². The van der Waals surface area contributed by atoms with E-state index in [2.05, 4.69) is 0 Å². The van der Waals surface area contributed by atoms with Crippen molar-refractivity contribution in [2.45, 2.75) is 57.5 Å². The number of alkyl halides is 2. The molecule has 1 atom stereocenters. The second-order valence-electron chi connectivity index (χ2n) is 4.15. The van der Waals surface area contributed by atoms with E-state index in [1.807, 2.05) is 0 Å². The third kappa shape index (κ3) is 3.22. The second-order valence-corrected chi connectivity index (χ2v) is 4.15. The Morgan fingerprint density at radius 2 is 1.62 bits per heavy atom. The third-order valence-electron chi connectivity index (χ3n) is 2.87. The molecule has 1 N–H and O–H groups in total. The smallest absolute Gasteiger partial charge is 0.270 e. The van der Waals surface area contributed by atoms with Gasteiger partial charge in [-0.05, 0) is 18.8 Å². The average Bonchev–Trinajstić information content (AvgIpc) is 2.28. The van der Waals surface area contributed by atoms with Crippen molar-refractivity contribution >= 4 is 0 Å². The van der Waals surface area contributed by atoms with Crippen LogP contribution in [0.15, 0.2) is 0 Å². The Labute approximate surface area is 78.1 Å². The largest absolute Gasteiger partial charge is 0.387 e. The summed E-state index contributed by atoms with van der Waals surface area (Å²) in [7, 11) is 0. The van der Waals surface area contributed by atoms with Crippen LogP contribution >= 0.6 is 0 Å². The van der Waals surface area contributed by atoms with E-state index in [4.69, 9.17) is 0 Å². The van der Waals surface area contributed by atoms with Crippen molar-refractivity contribution in [2.24, 2.45) is 5.92 Å². The van der Waals surface area contributed by atoms with Crippen LogP contribution in [0.3, 0.4) is 0 Å². The Bertz CT molecular complexity index is 145. The summed E-state index contributed by atoms with van der Waals surface area (Å²) in [5.74, 6) is -3.13. The Hall–Kier alpha value is -0.180. The topological polar surface area (TPSA) is 20.2 Å². The van der Waals surface area contributed by atoms with E-state index in [-0.39, 0.29) is 5.92 Å². The van der Waals surface area contributed by atoms with Crippen molar-refractivity contribution in [1.29, 1.82) is 0 Å². The van der Waals surface area contributed by atoms with Crippen LogP contribution in [-0.4, -0.2) is 17.1 Å². The second kappa shape index (κ2) is 4.36. The molecule has 0 amide bonds. The van der Waals surface area contributed by atoms with Crippen molar-refractivity contribution in [3.8, 4) is 0 Å². The van der Waals surface area contributed by atoms with E-state index < -0.39 is 12.0 Å². The van der Waals surface area contributed by atoms with Gasteiger partial charge in [0.2, 0.25) is 0 Å². The standard InChI is InChI=1S/C10H18F2O/c1-10(11,12)9(13)8-6-4-2-3-5-7-8/h8-9,13H,2-7H2,1H3. The zero-order valence-electron chi connectivity index (χ0n) is 8.10. The predicted octanol–water partition coefficient (Wildman–Crippen LogP) is 2.97. The summed E-state index contributed by atoms with van der Waals surface area (Å²) in [6.45, 7) is 0.808. The zero-order chi connectivity index (χ0) is 9.90. The highest BCUT2D eigenvalue weighted by Crippen LogP contribution is 2.32. The molecule has 0 heterocycles. The van der Waals surface area contributed by atoms with Crippen LogP contribution in [-0.2, 0) is 0 Å². The molecule has 0 spiro atoms. The minimum absolute atomic E-state index is 0.192. The predicted molar refractivity (Wildman–Crippen MR) is 47.8 cm³/mol. The first-order chi connectivity index (χ1) is 6.02. The molecule has 0 aromatic carbocycles. The van der Waals surface area contributed by atoms with Crippen LogP contribution in [0.25, 0.3) is 0 Å². The normalized spacial score (nSPS) is 24.0. The Morgan fingerprint density at radius 1 is 1.15 bits per heavy atom. The molecule has 0 saturated heterocycles. The van der Waals surface area contributed by atoms with Gasteiger partial charge in [-0.15, -0.1) is 0 Å². The lowest BCUT2D eigenvalue weighted by Crippen LogP contribution is -2.36. The summed E-state index contributed by atoms with van der Waals surface area (Å²) in [5, 5.41) is 9.39. The van der Waals surface area contributed by atoms with Gasteiger partial charge in [-0.3, -0.25) is 0 Å². The molecule has 1 nitrogen and oxygen atoms in total. The molecule has 1 fully saturated rings. The van der Waals surface area contributed by atoms with Crippen LogP contribution in [0.5, 0.6) is 0 Å². The molecular formula is C10H18F2O. The van der Waals surface area contributed by atoms with Gasteiger partial charge in [0, 0.05) is 6.92 Å². The van der Waals surface area contributed by atoms with E-state index in [0.717, 1.165) is 45.4 Å². The summed E-state index contributed by atoms with van der Waals surface area (Å²) in [4.78, 5) is 0. The van der Waals surface area contributed by atoms with Gasteiger partial charge in [0.1, 0.15) is 6.10 Å². The molecule has 78 valence electrons. The summed E-state index contributed by atoms with van der Waals surface area (Å²) >= 11 is 0. The number of hydrogen-bond acceptors (Lipinski definition) is 1. The lowest BCUT2D eigenvalue weighted by molar-refractivity contribution is -0.120. The number of hydrogen-bond donors (Lipinski definition) is 1. The molecule has 1 aliphatic carbocycles. The molecule has 0 bridgehead atoms. The average molecular weight is 192 g/mol. The van der Waals surface area contributed by atoms with Crippen LogP contribution in [0.4, 0.5) is 8.78 Å². The van der Waals surface area contributed by atoms with E-state index in [0.29, 0.717) is 0 Å². The molecule has 0 aromatic heterocycles. The highest BCUT2D eigenvalue weighted by atomic mass is 19.3. The summed E-state index contributed by atoms with van der Waals surface area (Å²) in [5.41, 5.74) is 0. The van der Waals surface area contributed by atoms with Crippen molar-refractivity contribution in [3.05, 3.63) is 0 Å². The first kappa shape index (κ1) is 10.9. The molecule has 0 aromatic rings. The summed E-state index contributed by atoms with van der Waals surface area (Å²) in [6.07, 6.45) is 4.28. The molecule has 0 aliphatic heterocycles. The van der Waals surface area contributed by atoms with Crippen molar-refractivity contribution in [3.63, 3.8) is 0 Å². The SMILES string of the molecule is CC(F)(F)C(O)C1CCCCCC1. The highest BCUT2D eigenvalue weighted by molar-refractivity contribution is 4.80. The Morgan fingerprint density at radius 3 is 2.00 bits per heavy atom. The lowest BCUT2D eigenvalue weighted by atomic mass is 9.91. The molecule has 1 saturated carbocycles. The van der Waals surface area contributed by atoms with Crippen molar-refractivity contribution in [1.82, 2.24) is 0 Å². The fourth-order valence-corrected chi connectivity index (χ4v) is 2.04. The quantitative estimate of drug-likeness (QED) is 0.667. The zero-order valence-corrected chi connectivity index (χ0v) is 8.10. The first-order valence-electron chi connectivity index (χ1n) is 5.07. The monoisotopic (exact) mass is 192 g/mol. The number of halogens is 2. The van der Waals surface area contributed by atoms with E-state index in [9.17, 15) is 13.9 Å². The first-order valence-corrected chi connectivity index (χ1v) is 5.07. The fourth-order valence-electron chi connectivity index (χ4n) is 2.04. The maximum absolute atomic E-state index is 12.8. The van der Waals surface area contributed by atoms with Crippen LogP contribution in [0.2, 0.25) is 0 Å². The maximum atomic E-state index is 12.8. The minimum Gasteiger partial charge on any atom is -0.387 e. The molecule has 13 heavy (non-hydrogen) atoms. The summed E-state index contributed by atoms with van der Waals surface area (Å²) < 4.78 is 25.6. The molecule has 0 radical (unpaired) electrons. The lowest BCUT2D eigenvalue weighted by Gasteiger charge is -2.26. The Balaban J connectivity index is 2.48. The molecule has 1 unspecified atom stereocenters. The maximum Gasteiger partial charge on any atom is 0.270 e. The molecule has 1 rings (SSSR count). The van der Waals surface area contributed by atoms with Crippen LogP contribution in [0.1, 0.15) is 45.4 Å². The minimum atomic E-state index is -2.94. The van der Waals surface area contributed by atoms with Crippen molar-refractivity contribution in [2.75, 3.05) is 0 Å². The van der Waals surface area contributed by atoms with Gasteiger partial charge in [0.15, 0.2) is 0 Å². The van der Waals surface area contributed by atoms with Crippen LogP contribution in [0, 0.1) is 5.92 Å². The molecule has 3 heteroatoms. The molecule has 1 aliphatic rings. The Kier molecular flexibility index (Phi) is 3.65. The number of rotatable bonds is 2. The number of aliphatic hydroxyl groups excluding tert-OH is 1. The van der Waals surface area contributed by atoms with Gasteiger partial charge in [-0.25, -0.2) is 8.78 Å². The van der Waals surface area contributed by atoms with Gasteiger partial charge in [-0.1, -0.05) is 25.7 Å². The van der Waals surface area contributed by atoms with Gasteiger partial charge in [0.25, 0.3) is 5.92 Å². The van der Waals surface area contributed by atoms with Gasteiger partial charge in [0.05, 0.1) is 0 Å². The van der Waals surface area contributed by atoms with E-state index in [1.54, 1.807) is 0 Å². The van der Waals surface area contributed by atoms with E-state index >= 15 is 0 Å². The summed E-state index contributed by atoms with van der Waals surface area (Å²) in [6, 6.07) is 0. The van der Waals surface area contributed by atoms with Crippen LogP contribution < -0.4 is 0 Å². The van der Waals surface area contributed by atoms with Gasteiger partial charge < -0.3 is 5.11 Å². The highest BCUT2D eigenvalue weighted by Gasteiger charge is 2.38. The molecular weight excluding hydrogens is 174 g/mol. The van der Waals surface area contributed by atoms with Gasteiger partial charge >= 0.3 is 0 Å². The van der Waals surface area contributed by atoms with E-state index in [1.165, 1.54) is 0 Å². The number of aliphatic hydroxyl groups is 1.